The topological polar surface area (TPSA) is 87.5 Å². The van der Waals surface area contributed by atoms with Crippen LogP contribution in [0.4, 0.5) is 10.5 Å². The normalized spacial score (nSPS) is 23.7. The second kappa shape index (κ2) is 9.37. The Labute approximate surface area is 173 Å². The fraction of sp³-hybridized carbons (Fsp3) is 0.556. The molecule has 2 aliphatic rings. The highest BCUT2D eigenvalue weighted by Gasteiger charge is 2.33. The number of benzene rings is 1. The summed E-state index contributed by atoms with van der Waals surface area (Å²) in [6, 6.07) is 4.32. The number of halogens is 2. The number of hydrogen-bond donors (Lipinski definition) is 3. The third kappa shape index (κ3) is 5.44. The van der Waals surface area contributed by atoms with Crippen molar-refractivity contribution in [3.8, 4) is 0 Å². The molecule has 6 nitrogen and oxygen atoms in total. The first kappa shape index (κ1) is 20.6. The predicted octanol–water partition coefficient (Wildman–Crippen LogP) is 3.53. The van der Waals surface area contributed by atoms with Gasteiger partial charge in [0.15, 0.2) is 0 Å². The molecule has 1 atom stereocenters. The molecule has 1 saturated heterocycles. The number of carbonyl (C=O) groups is 2. The summed E-state index contributed by atoms with van der Waals surface area (Å²) in [5.41, 5.74) is 6.81. The number of hydrogen-bond acceptors (Lipinski definition) is 4. The summed E-state index contributed by atoms with van der Waals surface area (Å²) in [7, 11) is 0. The minimum Gasteiger partial charge on any atom is -0.335 e. The third-order valence-corrected chi connectivity index (χ3v) is 6.85. The molecule has 9 heteroatoms. The molecule has 1 aromatic rings. The summed E-state index contributed by atoms with van der Waals surface area (Å²) in [6.07, 6.45) is 3.31. The second-order valence-corrected chi connectivity index (χ2v) is 8.89. The van der Waals surface area contributed by atoms with Crippen LogP contribution in [-0.2, 0) is 4.79 Å². The average Bonchev–Trinajstić information content (AvgIpc) is 3.19. The van der Waals surface area contributed by atoms with Gasteiger partial charge in [-0.05, 0) is 49.8 Å². The van der Waals surface area contributed by atoms with Crippen molar-refractivity contribution in [2.24, 2.45) is 11.7 Å². The van der Waals surface area contributed by atoms with E-state index in [2.05, 4.69) is 10.6 Å². The summed E-state index contributed by atoms with van der Waals surface area (Å²) < 4.78 is 0. The van der Waals surface area contributed by atoms with Crippen LogP contribution in [0, 0.1) is 5.92 Å². The van der Waals surface area contributed by atoms with Gasteiger partial charge in [0.05, 0.1) is 22.0 Å². The molecule has 2 fully saturated rings. The summed E-state index contributed by atoms with van der Waals surface area (Å²) in [6.45, 7) is 0.795. The van der Waals surface area contributed by atoms with Crippen molar-refractivity contribution in [1.82, 2.24) is 10.2 Å². The maximum Gasteiger partial charge on any atom is 0.319 e. The Kier molecular flexibility index (Phi) is 7.14. The first-order valence-corrected chi connectivity index (χ1v) is 11.0. The molecule has 148 valence electrons. The molecule has 1 aliphatic carbocycles. The van der Waals surface area contributed by atoms with E-state index in [4.69, 9.17) is 28.9 Å². The van der Waals surface area contributed by atoms with E-state index < -0.39 is 6.04 Å². The number of carbonyl (C=O) groups excluding carboxylic acids is 2. The van der Waals surface area contributed by atoms with Gasteiger partial charge in [0.1, 0.15) is 0 Å². The maximum atomic E-state index is 12.4. The zero-order valence-corrected chi connectivity index (χ0v) is 17.2. The highest BCUT2D eigenvalue weighted by Crippen LogP contribution is 2.28. The molecular weight excluding hydrogens is 407 g/mol. The lowest BCUT2D eigenvalue weighted by Crippen LogP contribution is -2.49. The third-order valence-electron chi connectivity index (χ3n) is 5.14. The van der Waals surface area contributed by atoms with Gasteiger partial charge in [0.25, 0.3) is 0 Å². The van der Waals surface area contributed by atoms with E-state index in [0.717, 1.165) is 43.9 Å². The number of urea groups is 1. The van der Waals surface area contributed by atoms with E-state index in [1.54, 1.807) is 30.0 Å². The second-order valence-electron chi connectivity index (χ2n) is 7.00. The molecule has 1 saturated carbocycles. The van der Waals surface area contributed by atoms with E-state index in [9.17, 15) is 9.59 Å². The summed E-state index contributed by atoms with van der Waals surface area (Å²) in [4.78, 5) is 26.5. The number of amides is 3. The van der Waals surface area contributed by atoms with Crippen molar-refractivity contribution < 1.29 is 9.59 Å². The van der Waals surface area contributed by atoms with E-state index >= 15 is 0 Å². The van der Waals surface area contributed by atoms with Crippen molar-refractivity contribution in [2.45, 2.75) is 37.8 Å². The Bertz CT molecular complexity index is 692. The Morgan fingerprint density at radius 3 is 2.56 bits per heavy atom. The van der Waals surface area contributed by atoms with Crippen LogP contribution < -0.4 is 16.4 Å². The minimum absolute atomic E-state index is 0.0637. The maximum absolute atomic E-state index is 12.4. The lowest BCUT2D eigenvalue weighted by atomic mass is 9.81. The van der Waals surface area contributed by atoms with Gasteiger partial charge in [-0.25, -0.2) is 4.79 Å². The minimum atomic E-state index is -0.435. The fourth-order valence-electron chi connectivity index (χ4n) is 3.55. The molecule has 0 radical (unpaired) electrons. The molecule has 3 amide bonds. The van der Waals surface area contributed by atoms with E-state index in [1.807, 2.05) is 4.90 Å². The van der Waals surface area contributed by atoms with E-state index in [-0.39, 0.29) is 23.9 Å². The molecule has 3 rings (SSSR count). The lowest BCUT2D eigenvalue weighted by molar-refractivity contribution is -0.132. The summed E-state index contributed by atoms with van der Waals surface area (Å²) in [5, 5.41) is 6.58. The molecule has 0 unspecified atom stereocenters. The van der Waals surface area contributed by atoms with Crippen molar-refractivity contribution in [3.05, 3.63) is 28.2 Å². The van der Waals surface area contributed by atoms with Crippen molar-refractivity contribution in [1.29, 1.82) is 0 Å². The van der Waals surface area contributed by atoms with Gasteiger partial charge in [0.2, 0.25) is 5.91 Å². The molecule has 4 N–H and O–H groups in total. The van der Waals surface area contributed by atoms with Crippen LogP contribution in [-0.4, -0.2) is 47.1 Å². The molecule has 1 aliphatic heterocycles. The Balaban J connectivity index is 1.44. The highest BCUT2D eigenvalue weighted by molar-refractivity contribution is 7.99. The predicted molar refractivity (Wildman–Crippen MR) is 111 cm³/mol. The van der Waals surface area contributed by atoms with Crippen molar-refractivity contribution >= 4 is 52.6 Å². The van der Waals surface area contributed by atoms with Gasteiger partial charge in [0, 0.05) is 24.0 Å². The van der Waals surface area contributed by atoms with Gasteiger partial charge >= 0.3 is 6.03 Å². The zero-order valence-electron chi connectivity index (χ0n) is 14.9. The first-order valence-electron chi connectivity index (χ1n) is 9.08. The quantitative estimate of drug-likeness (QED) is 0.681. The molecule has 0 spiro atoms. The van der Waals surface area contributed by atoms with Gasteiger partial charge in [-0.15, -0.1) is 11.8 Å². The van der Waals surface area contributed by atoms with Gasteiger partial charge in [-0.3, -0.25) is 4.79 Å². The summed E-state index contributed by atoms with van der Waals surface area (Å²) in [5.74, 6) is 1.98. The van der Waals surface area contributed by atoms with Crippen LogP contribution in [0.2, 0.25) is 10.0 Å². The van der Waals surface area contributed by atoms with Crippen LogP contribution >= 0.6 is 35.0 Å². The number of anilines is 1. The molecule has 0 bridgehead atoms. The molecule has 1 heterocycles. The average molecular weight is 431 g/mol. The first-order chi connectivity index (χ1) is 12.9. The van der Waals surface area contributed by atoms with Crippen LogP contribution in [0.3, 0.4) is 0 Å². The fourth-order valence-corrected chi connectivity index (χ4v) is 4.80. The van der Waals surface area contributed by atoms with Crippen LogP contribution in [0.25, 0.3) is 0 Å². The van der Waals surface area contributed by atoms with Gasteiger partial charge in [-0.1, -0.05) is 23.2 Å². The number of nitrogens with one attached hydrogen (secondary N) is 2. The number of thioether (sulfide) groups is 1. The number of nitrogens with two attached hydrogens (primary N) is 1. The number of rotatable bonds is 4. The smallest absolute Gasteiger partial charge is 0.319 e. The van der Waals surface area contributed by atoms with Crippen LogP contribution in [0.1, 0.15) is 25.7 Å². The Hall–Kier alpha value is -1.15. The van der Waals surface area contributed by atoms with Gasteiger partial charge in [-0.2, -0.15) is 0 Å². The highest BCUT2D eigenvalue weighted by atomic mass is 35.5. The zero-order chi connectivity index (χ0) is 19.4. The van der Waals surface area contributed by atoms with Crippen molar-refractivity contribution in [2.75, 3.05) is 23.5 Å². The number of nitrogens with zero attached hydrogens (tertiary/aromatic N) is 1. The Morgan fingerprint density at radius 2 is 1.93 bits per heavy atom. The molecule has 1 aromatic carbocycles. The van der Waals surface area contributed by atoms with Crippen LogP contribution in [0.15, 0.2) is 18.2 Å². The Morgan fingerprint density at radius 1 is 1.19 bits per heavy atom. The molecular formula is C18H24Cl2N4O2S. The monoisotopic (exact) mass is 430 g/mol. The van der Waals surface area contributed by atoms with E-state index in [1.165, 1.54) is 0 Å². The summed E-state index contributed by atoms with van der Waals surface area (Å²) >= 11 is 13.6. The van der Waals surface area contributed by atoms with Crippen LogP contribution in [0.5, 0.6) is 0 Å². The lowest BCUT2D eigenvalue weighted by Gasteiger charge is -2.33. The molecule has 0 aromatic heterocycles. The molecule has 27 heavy (non-hydrogen) atoms. The van der Waals surface area contributed by atoms with Gasteiger partial charge < -0.3 is 21.3 Å². The van der Waals surface area contributed by atoms with E-state index in [0.29, 0.717) is 15.7 Å². The SMILES string of the molecule is N[C@H](C(=O)N1CCSC1)C1CCC(NC(=O)Nc2ccc(Cl)c(Cl)c2)CC1. The van der Waals surface area contributed by atoms with Crippen molar-refractivity contribution in [3.63, 3.8) is 0 Å². The largest absolute Gasteiger partial charge is 0.335 e. The standard InChI is InChI=1S/C18H24Cl2N4O2S/c19-14-6-5-13(9-15(14)20)23-18(26)22-12-3-1-11(2-4-12)16(21)17(25)24-7-8-27-10-24/h5-6,9,11-12,16H,1-4,7-8,10,21H2,(H2,22,23,26)/t11?,12?,16-/m0/s1.